The van der Waals surface area contributed by atoms with Crippen LogP contribution in [-0.4, -0.2) is 31.1 Å². The summed E-state index contributed by atoms with van der Waals surface area (Å²) in [6.07, 6.45) is 8.87. The number of para-hydroxylation sites is 1. The molecule has 128 valence electrons. The first-order valence-corrected chi connectivity index (χ1v) is 8.67. The predicted octanol–water partition coefficient (Wildman–Crippen LogP) is 2.89. The van der Waals surface area contributed by atoms with Crippen LogP contribution in [0, 0.1) is 5.92 Å². The number of amides is 2. The second-order valence-corrected chi connectivity index (χ2v) is 6.41. The topological polar surface area (TPSA) is 67.4 Å². The van der Waals surface area contributed by atoms with Crippen LogP contribution < -0.4 is 10.6 Å². The highest BCUT2D eigenvalue weighted by atomic mass is 16.5. The van der Waals surface area contributed by atoms with Crippen LogP contribution in [0.25, 0.3) is 0 Å². The van der Waals surface area contributed by atoms with E-state index in [0.717, 1.165) is 32.3 Å². The number of nitrogens with one attached hydrogen (secondary N) is 2. The molecule has 1 aromatic carbocycles. The number of hydrogen-bond donors (Lipinski definition) is 2. The maximum atomic E-state index is 12.4. The molecule has 0 saturated carbocycles. The molecule has 0 radical (unpaired) electrons. The maximum absolute atomic E-state index is 12.4. The van der Waals surface area contributed by atoms with Crippen LogP contribution in [0.2, 0.25) is 0 Å². The Morgan fingerprint density at radius 1 is 1.21 bits per heavy atom. The first-order chi connectivity index (χ1) is 11.7. The molecular formula is C19H24N2O3. The van der Waals surface area contributed by atoms with Gasteiger partial charge < -0.3 is 15.4 Å². The minimum Gasteiger partial charge on any atom is -0.376 e. The van der Waals surface area contributed by atoms with Crippen molar-refractivity contribution < 1.29 is 14.3 Å². The van der Waals surface area contributed by atoms with E-state index in [0.29, 0.717) is 30.1 Å². The van der Waals surface area contributed by atoms with Gasteiger partial charge in [0.1, 0.15) is 0 Å². The van der Waals surface area contributed by atoms with Gasteiger partial charge in [0, 0.05) is 19.6 Å². The van der Waals surface area contributed by atoms with Crippen LogP contribution in [0.4, 0.5) is 5.69 Å². The van der Waals surface area contributed by atoms with Crippen molar-refractivity contribution in [3.63, 3.8) is 0 Å². The lowest BCUT2D eigenvalue weighted by atomic mass is 10.0. The van der Waals surface area contributed by atoms with E-state index >= 15 is 0 Å². The smallest absolute Gasteiger partial charge is 0.253 e. The summed E-state index contributed by atoms with van der Waals surface area (Å²) in [5.74, 6) is 0.0820. The molecule has 2 atom stereocenters. The Labute approximate surface area is 142 Å². The van der Waals surface area contributed by atoms with E-state index in [4.69, 9.17) is 4.74 Å². The highest BCUT2D eigenvalue weighted by Crippen LogP contribution is 2.22. The van der Waals surface area contributed by atoms with E-state index in [9.17, 15) is 9.59 Å². The molecule has 1 aliphatic heterocycles. The molecule has 0 aromatic heterocycles. The Morgan fingerprint density at radius 3 is 2.83 bits per heavy atom. The lowest BCUT2D eigenvalue weighted by Crippen LogP contribution is -2.32. The summed E-state index contributed by atoms with van der Waals surface area (Å²) >= 11 is 0. The number of benzene rings is 1. The maximum Gasteiger partial charge on any atom is 0.253 e. The molecule has 2 amide bonds. The number of carbonyl (C=O) groups excluding carboxylic acids is 2. The predicted molar refractivity (Wildman–Crippen MR) is 92.9 cm³/mol. The molecule has 5 nitrogen and oxygen atoms in total. The van der Waals surface area contributed by atoms with Crippen molar-refractivity contribution in [3.05, 3.63) is 42.0 Å². The summed E-state index contributed by atoms with van der Waals surface area (Å²) in [4.78, 5) is 24.6. The van der Waals surface area contributed by atoms with E-state index in [1.165, 1.54) is 0 Å². The van der Waals surface area contributed by atoms with Crippen molar-refractivity contribution >= 4 is 17.5 Å². The van der Waals surface area contributed by atoms with Crippen LogP contribution in [0.1, 0.15) is 42.5 Å². The molecule has 1 saturated heterocycles. The molecule has 24 heavy (non-hydrogen) atoms. The molecule has 1 heterocycles. The van der Waals surface area contributed by atoms with Crippen molar-refractivity contribution in [3.8, 4) is 0 Å². The summed E-state index contributed by atoms with van der Waals surface area (Å²) in [5, 5.41) is 5.78. The molecule has 2 aliphatic rings. The van der Waals surface area contributed by atoms with Crippen LogP contribution in [0.3, 0.4) is 0 Å². The van der Waals surface area contributed by atoms with Crippen molar-refractivity contribution in [2.75, 3.05) is 18.5 Å². The van der Waals surface area contributed by atoms with Crippen LogP contribution in [0.5, 0.6) is 0 Å². The average Bonchev–Trinajstić information content (AvgIpc) is 3.26. The summed E-state index contributed by atoms with van der Waals surface area (Å²) in [6.45, 7) is 1.27. The quantitative estimate of drug-likeness (QED) is 0.789. The van der Waals surface area contributed by atoms with Crippen molar-refractivity contribution in [1.29, 1.82) is 0 Å². The monoisotopic (exact) mass is 328 g/mol. The second kappa shape index (κ2) is 8.11. The lowest BCUT2D eigenvalue weighted by molar-refractivity contribution is -0.116. The fraction of sp³-hybridized carbons (Fsp3) is 0.474. The van der Waals surface area contributed by atoms with Crippen LogP contribution in [0.15, 0.2) is 36.4 Å². The van der Waals surface area contributed by atoms with Gasteiger partial charge in [0.05, 0.1) is 17.4 Å². The number of hydrogen-bond acceptors (Lipinski definition) is 3. The third-order valence-corrected chi connectivity index (χ3v) is 4.52. The van der Waals surface area contributed by atoms with Gasteiger partial charge in [-0.1, -0.05) is 24.3 Å². The molecule has 2 N–H and O–H groups in total. The van der Waals surface area contributed by atoms with Gasteiger partial charge in [-0.05, 0) is 43.7 Å². The number of carbonyl (C=O) groups is 2. The fourth-order valence-corrected chi connectivity index (χ4v) is 3.20. The summed E-state index contributed by atoms with van der Waals surface area (Å²) < 4.78 is 5.52. The Kier molecular flexibility index (Phi) is 5.64. The highest BCUT2D eigenvalue weighted by Gasteiger charge is 2.19. The SMILES string of the molecule is O=C(C[C@H]1C=CCC1)Nc1ccccc1C(=O)NC[C@H]1CCCO1. The molecule has 5 heteroatoms. The number of rotatable bonds is 6. The minimum atomic E-state index is -0.179. The Bertz CT molecular complexity index is 621. The van der Waals surface area contributed by atoms with Gasteiger partial charge in [-0.25, -0.2) is 0 Å². The molecule has 1 aromatic rings. The zero-order chi connectivity index (χ0) is 16.8. The Balaban J connectivity index is 1.57. The zero-order valence-electron chi connectivity index (χ0n) is 13.8. The Morgan fingerprint density at radius 2 is 2.08 bits per heavy atom. The standard InChI is InChI=1S/C19H24N2O3/c22-18(12-14-6-1-2-7-14)21-17-10-4-3-9-16(17)19(23)20-13-15-8-5-11-24-15/h1,3-4,6,9-10,14-15H,2,5,7-8,11-13H2,(H,20,23)(H,21,22)/t14-,15+/m0/s1. The molecule has 1 fully saturated rings. The zero-order valence-corrected chi connectivity index (χ0v) is 13.8. The third kappa shape index (κ3) is 4.45. The molecule has 0 bridgehead atoms. The van der Waals surface area contributed by atoms with E-state index in [-0.39, 0.29) is 17.9 Å². The van der Waals surface area contributed by atoms with Crippen molar-refractivity contribution in [2.45, 2.75) is 38.2 Å². The van der Waals surface area contributed by atoms with Gasteiger partial charge >= 0.3 is 0 Å². The largest absolute Gasteiger partial charge is 0.376 e. The minimum absolute atomic E-state index is 0.0501. The normalized spacial score (nSPS) is 22.5. The lowest BCUT2D eigenvalue weighted by Gasteiger charge is -2.14. The summed E-state index contributed by atoms with van der Waals surface area (Å²) in [7, 11) is 0. The van der Waals surface area contributed by atoms with E-state index in [1.807, 2.05) is 6.07 Å². The van der Waals surface area contributed by atoms with Gasteiger partial charge in [0.2, 0.25) is 5.91 Å². The molecule has 0 spiro atoms. The van der Waals surface area contributed by atoms with E-state index in [2.05, 4.69) is 22.8 Å². The fourth-order valence-electron chi connectivity index (χ4n) is 3.20. The number of ether oxygens (including phenoxy) is 1. The second-order valence-electron chi connectivity index (χ2n) is 6.41. The molecule has 0 unspecified atom stereocenters. The molecule has 3 rings (SSSR count). The first-order valence-electron chi connectivity index (χ1n) is 8.67. The van der Waals surface area contributed by atoms with E-state index in [1.54, 1.807) is 18.2 Å². The highest BCUT2D eigenvalue weighted by molar-refractivity contribution is 6.03. The van der Waals surface area contributed by atoms with E-state index < -0.39 is 0 Å². The van der Waals surface area contributed by atoms with Gasteiger partial charge in [-0.3, -0.25) is 9.59 Å². The van der Waals surface area contributed by atoms with Gasteiger partial charge in [0.25, 0.3) is 5.91 Å². The third-order valence-electron chi connectivity index (χ3n) is 4.52. The van der Waals surface area contributed by atoms with Gasteiger partial charge in [0.15, 0.2) is 0 Å². The Hall–Kier alpha value is -2.14. The van der Waals surface area contributed by atoms with Crippen LogP contribution in [-0.2, 0) is 9.53 Å². The van der Waals surface area contributed by atoms with Gasteiger partial charge in [-0.15, -0.1) is 0 Å². The molecule has 1 aliphatic carbocycles. The summed E-state index contributed by atoms with van der Waals surface area (Å²) in [5.41, 5.74) is 1.06. The summed E-state index contributed by atoms with van der Waals surface area (Å²) in [6, 6.07) is 7.12. The first kappa shape index (κ1) is 16.7. The number of anilines is 1. The van der Waals surface area contributed by atoms with Crippen molar-refractivity contribution in [2.24, 2.45) is 5.92 Å². The average molecular weight is 328 g/mol. The van der Waals surface area contributed by atoms with Gasteiger partial charge in [-0.2, -0.15) is 0 Å². The number of allylic oxidation sites excluding steroid dienone is 2. The van der Waals surface area contributed by atoms with Crippen molar-refractivity contribution in [1.82, 2.24) is 5.32 Å². The molecular weight excluding hydrogens is 304 g/mol. The van der Waals surface area contributed by atoms with Crippen LogP contribution >= 0.6 is 0 Å².